The first-order valence-electron chi connectivity index (χ1n) is 6.65. The Hall–Kier alpha value is -2.30. The topological polar surface area (TPSA) is 62.7 Å². The number of aromatic carboxylic acids is 1. The molecule has 2 aromatic rings. The summed E-state index contributed by atoms with van der Waals surface area (Å²) in [7, 11) is 1.60. The molecule has 0 amide bonds. The monoisotopic (exact) mass is 272 g/mol. The summed E-state index contributed by atoms with van der Waals surface area (Å²) in [6.07, 6.45) is 3.63. The van der Waals surface area contributed by atoms with E-state index in [0.717, 1.165) is 42.5 Å². The fraction of sp³-hybridized carbons (Fsp3) is 0.333. The van der Waals surface area contributed by atoms with E-state index < -0.39 is 5.97 Å². The van der Waals surface area contributed by atoms with E-state index in [1.165, 1.54) is 6.20 Å². The van der Waals surface area contributed by atoms with Crippen molar-refractivity contribution >= 4 is 22.6 Å². The zero-order valence-corrected chi connectivity index (χ0v) is 11.3. The number of nitrogens with zero attached hydrogens (tertiary/aromatic N) is 2. The smallest absolute Gasteiger partial charge is 0.339 e. The molecule has 0 bridgehead atoms. The number of ether oxygens (including phenoxy) is 1. The second kappa shape index (κ2) is 5.00. The molecule has 1 fully saturated rings. The lowest BCUT2D eigenvalue weighted by molar-refractivity contribution is 0.0697. The van der Waals surface area contributed by atoms with Gasteiger partial charge in [-0.05, 0) is 31.0 Å². The molecule has 0 aliphatic carbocycles. The standard InChI is InChI=1S/C15H16N2O3/c1-20-10-4-5-13-11(8-10)14(17-6-2-3-7-17)12(9-16-13)15(18)19/h4-5,8-9H,2-3,6-7H2,1H3,(H,18,19). The maximum Gasteiger partial charge on any atom is 0.339 e. The van der Waals surface area contributed by atoms with E-state index in [0.29, 0.717) is 5.75 Å². The van der Waals surface area contributed by atoms with E-state index in [-0.39, 0.29) is 5.56 Å². The molecule has 0 radical (unpaired) electrons. The molecule has 104 valence electrons. The number of aromatic nitrogens is 1. The van der Waals surface area contributed by atoms with Gasteiger partial charge in [0.1, 0.15) is 11.3 Å². The third-order valence-corrected chi connectivity index (χ3v) is 3.70. The molecule has 20 heavy (non-hydrogen) atoms. The summed E-state index contributed by atoms with van der Waals surface area (Å²) in [4.78, 5) is 17.9. The third kappa shape index (κ3) is 2.05. The van der Waals surface area contributed by atoms with E-state index in [9.17, 15) is 9.90 Å². The average molecular weight is 272 g/mol. The zero-order valence-electron chi connectivity index (χ0n) is 11.3. The minimum absolute atomic E-state index is 0.257. The Morgan fingerprint density at radius 3 is 2.75 bits per heavy atom. The Kier molecular flexibility index (Phi) is 3.18. The van der Waals surface area contributed by atoms with Crippen molar-refractivity contribution < 1.29 is 14.6 Å². The molecule has 1 saturated heterocycles. The minimum atomic E-state index is -0.941. The van der Waals surface area contributed by atoms with Gasteiger partial charge in [0, 0.05) is 24.7 Å². The van der Waals surface area contributed by atoms with E-state index >= 15 is 0 Å². The van der Waals surface area contributed by atoms with Gasteiger partial charge in [0.25, 0.3) is 0 Å². The van der Waals surface area contributed by atoms with E-state index in [1.807, 2.05) is 18.2 Å². The Morgan fingerprint density at radius 2 is 2.10 bits per heavy atom. The van der Waals surface area contributed by atoms with Crippen LogP contribution in [0.15, 0.2) is 24.4 Å². The van der Waals surface area contributed by atoms with Crippen molar-refractivity contribution in [2.24, 2.45) is 0 Å². The maximum absolute atomic E-state index is 11.5. The van der Waals surface area contributed by atoms with Crippen molar-refractivity contribution in [3.8, 4) is 5.75 Å². The number of benzene rings is 1. The quantitative estimate of drug-likeness (QED) is 0.930. The number of anilines is 1. The Bertz CT molecular complexity index is 663. The van der Waals surface area contributed by atoms with E-state index in [1.54, 1.807) is 7.11 Å². The Morgan fingerprint density at radius 1 is 1.35 bits per heavy atom. The number of hydrogen-bond acceptors (Lipinski definition) is 4. The maximum atomic E-state index is 11.5. The van der Waals surface area contributed by atoms with E-state index in [2.05, 4.69) is 9.88 Å². The van der Waals surface area contributed by atoms with Crippen molar-refractivity contribution in [3.63, 3.8) is 0 Å². The number of carboxylic acids is 1. The molecule has 1 aromatic heterocycles. The lowest BCUT2D eigenvalue weighted by atomic mass is 10.1. The van der Waals surface area contributed by atoms with Crippen LogP contribution in [0.1, 0.15) is 23.2 Å². The number of fused-ring (bicyclic) bond motifs is 1. The molecule has 0 saturated carbocycles. The van der Waals surface area contributed by atoms with Gasteiger partial charge in [0.2, 0.25) is 0 Å². The number of hydrogen-bond donors (Lipinski definition) is 1. The van der Waals surface area contributed by atoms with Crippen LogP contribution < -0.4 is 9.64 Å². The van der Waals surface area contributed by atoms with Gasteiger partial charge < -0.3 is 14.7 Å². The fourth-order valence-corrected chi connectivity index (χ4v) is 2.72. The van der Waals surface area contributed by atoms with Crippen LogP contribution in [0, 0.1) is 0 Å². The summed E-state index contributed by atoms with van der Waals surface area (Å²) in [6, 6.07) is 5.56. The molecular formula is C15H16N2O3. The van der Waals surface area contributed by atoms with Crippen molar-refractivity contribution in [2.75, 3.05) is 25.1 Å². The Labute approximate surface area is 116 Å². The number of methoxy groups -OCH3 is 1. The molecular weight excluding hydrogens is 256 g/mol. The highest BCUT2D eigenvalue weighted by molar-refractivity contribution is 6.05. The zero-order chi connectivity index (χ0) is 14.1. The second-order valence-electron chi connectivity index (χ2n) is 4.90. The largest absolute Gasteiger partial charge is 0.497 e. The normalized spacial score (nSPS) is 14.8. The number of rotatable bonds is 3. The lowest BCUT2D eigenvalue weighted by Gasteiger charge is -2.22. The van der Waals surface area contributed by atoms with Crippen molar-refractivity contribution in [2.45, 2.75) is 12.8 Å². The first-order chi connectivity index (χ1) is 9.70. The highest BCUT2D eigenvalue weighted by Crippen LogP contribution is 2.34. The van der Waals surface area contributed by atoms with Gasteiger partial charge in [-0.25, -0.2) is 4.79 Å². The highest BCUT2D eigenvalue weighted by atomic mass is 16.5. The van der Waals surface area contributed by atoms with Crippen LogP contribution in [-0.2, 0) is 0 Å². The first kappa shape index (κ1) is 12.7. The Balaban J connectivity index is 2.28. The molecule has 1 aliphatic heterocycles. The summed E-state index contributed by atoms with van der Waals surface area (Å²) in [5.74, 6) is -0.230. The summed E-state index contributed by atoms with van der Waals surface area (Å²) >= 11 is 0. The number of pyridine rings is 1. The molecule has 2 heterocycles. The molecule has 0 unspecified atom stereocenters. The van der Waals surface area contributed by atoms with Gasteiger partial charge >= 0.3 is 5.97 Å². The minimum Gasteiger partial charge on any atom is -0.497 e. The molecule has 0 spiro atoms. The second-order valence-corrected chi connectivity index (χ2v) is 4.90. The van der Waals surface area contributed by atoms with Gasteiger partial charge in [0.15, 0.2) is 0 Å². The van der Waals surface area contributed by atoms with Gasteiger partial charge in [-0.3, -0.25) is 4.98 Å². The summed E-state index contributed by atoms with van der Waals surface area (Å²) in [6.45, 7) is 1.77. The summed E-state index contributed by atoms with van der Waals surface area (Å²) in [5, 5.41) is 10.3. The van der Waals surface area contributed by atoms with Crippen molar-refractivity contribution in [3.05, 3.63) is 30.0 Å². The first-order valence-corrected chi connectivity index (χ1v) is 6.65. The van der Waals surface area contributed by atoms with E-state index in [4.69, 9.17) is 4.74 Å². The molecule has 1 aromatic carbocycles. The molecule has 0 atom stereocenters. The summed E-state index contributed by atoms with van der Waals surface area (Å²) < 4.78 is 5.25. The lowest BCUT2D eigenvalue weighted by Crippen LogP contribution is -2.21. The summed E-state index contributed by atoms with van der Waals surface area (Å²) in [5.41, 5.74) is 1.81. The molecule has 3 rings (SSSR count). The SMILES string of the molecule is COc1ccc2ncc(C(=O)O)c(N3CCCC3)c2c1. The van der Waals surface area contributed by atoms with Crippen LogP contribution in [0.4, 0.5) is 5.69 Å². The van der Waals surface area contributed by atoms with Crippen LogP contribution in [0.25, 0.3) is 10.9 Å². The van der Waals surface area contributed by atoms with Crippen LogP contribution in [0.2, 0.25) is 0 Å². The third-order valence-electron chi connectivity index (χ3n) is 3.70. The van der Waals surface area contributed by atoms with Crippen LogP contribution in [0.5, 0.6) is 5.75 Å². The number of carbonyl (C=O) groups is 1. The van der Waals surface area contributed by atoms with Crippen LogP contribution in [-0.4, -0.2) is 36.3 Å². The molecule has 5 heteroatoms. The predicted molar refractivity (Wildman–Crippen MR) is 76.7 cm³/mol. The van der Waals surface area contributed by atoms with Crippen molar-refractivity contribution in [1.82, 2.24) is 4.98 Å². The van der Waals surface area contributed by atoms with Gasteiger partial charge in [-0.15, -0.1) is 0 Å². The van der Waals surface area contributed by atoms with Crippen LogP contribution >= 0.6 is 0 Å². The van der Waals surface area contributed by atoms with Crippen molar-refractivity contribution in [1.29, 1.82) is 0 Å². The fourth-order valence-electron chi connectivity index (χ4n) is 2.72. The number of carboxylic acid groups (broad SMARTS) is 1. The molecule has 1 aliphatic rings. The van der Waals surface area contributed by atoms with Crippen LogP contribution in [0.3, 0.4) is 0 Å². The van der Waals surface area contributed by atoms with Gasteiger partial charge in [-0.2, -0.15) is 0 Å². The van der Waals surface area contributed by atoms with Gasteiger partial charge in [0.05, 0.1) is 18.3 Å². The van der Waals surface area contributed by atoms with Gasteiger partial charge in [-0.1, -0.05) is 0 Å². The molecule has 1 N–H and O–H groups in total. The average Bonchev–Trinajstić information content (AvgIpc) is 2.99. The predicted octanol–water partition coefficient (Wildman–Crippen LogP) is 2.54. The highest BCUT2D eigenvalue weighted by Gasteiger charge is 2.22. The molecule has 5 nitrogen and oxygen atoms in total.